The molecule has 2 N–H and O–H groups in total. The van der Waals surface area contributed by atoms with Gasteiger partial charge in [0.1, 0.15) is 0 Å². The second kappa shape index (κ2) is 12.8. The summed E-state index contributed by atoms with van der Waals surface area (Å²) in [6.45, 7) is 11.1. The monoisotopic (exact) mass is 512 g/mol. The molecule has 2 heterocycles. The number of aromatic nitrogens is 2. The van der Waals surface area contributed by atoms with Gasteiger partial charge in [0.2, 0.25) is 0 Å². The molecule has 0 radical (unpaired) electrons. The molecule has 1 aromatic heterocycles. The molecular weight excluding hydrogens is 479 g/mol. The highest BCUT2D eigenvalue weighted by Gasteiger charge is 2.17. The van der Waals surface area contributed by atoms with Crippen molar-refractivity contribution in [1.82, 2.24) is 25.3 Å². The van der Waals surface area contributed by atoms with E-state index in [1.165, 1.54) is 5.56 Å². The van der Waals surface area contributed by atoms with Gasteiger partial charge in [-0.1, -0.05) is 30.3 Å². The molecule has 29 heavy (non-hydrogen) atoms. The van der Waals surface area contributed by atoms with Crippen molar-refractivity contribution in [3.05, 3.63) is 53.9 Å². The highest BCUT2D eigenvalue weighted by atomic mass is 127. The van der Waals surface area contributed by atoms with Crippen molar-refractivity contribution >= 4 is 29.9 Å². The Balaban J connectivity index is 0.00000300. The zero-order valence-electron chi connectivity index (χ0n) is 17.4. The highest BCUT2D eigenvalue weighted by molar-refractivity contribution is 14.0. The summed E-state index contributed by atoms with van der Waals surface area (Å²) in [7, 11) is 0. The van der Waals surface area contributed by atoms with Crippen LogP contribution in [0.15, 0.2) is 47.7 Å². The zero-order valence-corrected chi connectivity index (χ0v) is 19.7. The minimum absolute atomic E-state index is 0. The van der Waals surface area contributed by atoms with Gasteiger partial charge >= 0.3 is 0 Å². The van der Waals surface area contributed by atoms with E-state index in [9.17, 15) is 0 Å². The first kappa shape index (κ1) is 23.6. The molecule has 1 unspecified atom stereocenters. The van der Waals surface area contributed by atoms with Gasteiger partial charge in [0.05, 0.1) is 32.5 Å². The van der Waals surface area contributed by atoms with Gasteiger partial charge in [0.15, 0.2) is 5.96 Å². The number of ether oxygens (including phenoxy) is 1. The topological polar surface area (TPSA) is 66.7 Å². The Hall–Kier alpha value is -1.65. The van der Waals surface area contributed by atoms with Crippen LogP contribution in [0.5, 0.6) is 0 Å². The van der Waals surface area contributed by atoms with Crippen molar-refractivity contribution in [2.45, 2.75) is 33.0 Å². The van der Waals surface area contributed by atoms with Crippen molar-refractivity contribution < 1.29 is 4.74 Å². The molecule has 2 aromatic rings. The van der Waals surface area contributed by atoms with Crippen molar-refractivity contribution in [3.8, 4) is 0 Å². The number of hydrogen-bond acceptors (Lipinski definition) is 4. The Bertz CT molecular complexity index is 730. The molecule has 1 aromatic carbocycles. The van der Waals surface area contributed by atoms with E-state index in [1.807, 2.05) is 16.9 Å². The van der Waals surface area contributed by atoms with E-state index in [1.54, 1.807) is 0 Å². The van der Waals surface area contributed by atoms with Crippen LogP contribution in [0.2, 0.25) is 0 Å². The minimum atomic E-state index is 0. The number of hydrogen-bond donors (Lipinski definition) is 2. The van der Waals surface area contributed by atoms with Gasteiger partial charge in [0, 0.05) is 44.0 Å². The van der Waals surface area contributed by atoms with Crippen LogP contribution in [0.25, 0.3) is 0 Å². The lowest BCUT2D eigenvalue weighted by Crippen LogP contribution is -2.49. The molecule has 3 rings (SSSR count). The van der Waals surface area contributed by atoms with Crippen molar-refractivity contribution in [2.24, 2.45) is 4.99 Å². The third-order valence-corrected chi connectivity index (χ3v) is 4.87. The summed E-state index contributed by atoms with van der Waals surface area (Å²) in [4.78, 5) is 7.17. The molecule has 0 saturated carbocycles. The zero-order chi connectivity index (χ0) is 19.6. The number of halogens is 1. The Morgan fingerprint density at radius 3 is 2.66 bits per heavy atom. The maximum Gasteiger partial charge on any atom is 0.191 e. The molecule has 0 aliphatic carbocycles. The van der Waals surface area contributed by atoms with Crippen LogP contribution in [0.4, 0.5) is 0 Å². The molecule has 7 nitrogen and oxygen atoms in total. The van der Waals surface area contributed by atoms with Gasteiger partial charge in [-0.2, -0.15) is 5.10 Å². The molecule has 1 fully saturated rings. The van der Waals surface area contributed by atoms with Crippen LogP contribution >= 0.6 is 24.0 Å². The number of nitrogens with one attached hydrogen (secondary N) is 2. The van der Waals surface area contributed by atoms with Crippen LogP contribution in [-0.2, 0) is 17.8 Å². The molecule has 1 atom stereocenters. The smallest absolute Gasteiger partial charge is 0.191 e. The third kappa shape index (κ3) is 7.94. The van der Waals surface area contributed by atoms with Crippen LogP contribution in [-0.4, -0.2) is 66.1 Å². The summed E-state index contributed by atoms with van der Waals surface area (Å²) in [6.07, 6.45) is 3.96. The second-order valence-electron chi connectivity index (χ2n) is 7.11. The van der Waals surface area contributed by atoms with Crippen molar-refractivity contribution in [2.75, 3.05) is 39.4 Å². The van der Waals surface area contributed by atoms with E-state index >= 15 is 0 Å². The Morgan fingerprint density at radius 1 is 1.17 bits per heavy atom. The van der Waals surface area contributed by atoms with Gasteiger partial charge in [-0.15, -0.1) is 24.0 Å². The lowest BCUT2D eigenvalue weighted by atomic mass is 10.2. The summed E-state index contributed by atoms with van der Waals surface area (Å²) in [5, 5.41) is 11.2. The van der Waals surface area contributed by atoms with Gasteiger partial charge in [-0.25, -0.2) is 4.99 Å². The maximum atomic E-state index is 5.43. The molecule has 160 valence electrons. The van der Waals surface area contributed by atoms with E-state index < -0.39 is 0 Å². The lowest BCUT2D eigenvalue weighted by molar-refractivity contribution is 0.0211. The van der Waals surface area contributed by atoms with Crippen LogP contribution in [0, 0.1) is 0 Å². The van der Waals surface area contributed by atoms with Crippen LogP contribution in [0.1, 0.15) is 25.0 Å². The third-order valence-electron chi connectivity index (χ3n) is 4.87. The molecule has 1 saturated heterocycles. The van der Waals surface area contributed by atoms with E-state index in [0.29, 0.717) is 12.6 Å². The van der Waals surface area contributed by atoms with Crippen molar-refractivity contribution in [1.29, 1.82) is 0 Å². The van der Waals surface area contributed by atoms with E-state index in [-0.39, 0.29) is 24.0 Å². The fourth-order valence-corrected chi connectivity index (χ4v) is 3.25. The second-order valence-corrected chi connectivity index (χ2v) is 7.11. The first-order chi connectivity index (χ1) is 13.7. The number of morpholine rings is 1. The predicted molar refractivity (Wildman–Crippen MR) is 128 cm³/mol. The fourth-order valence-electron chi connectivity index (χ4n) is 3.25. The Morgan fingerprint density at radius 2 is 1.93 bits per heavy atom. The van der Waals surface area contributed by atoms with E-state index in [2.05, 4.69) is 64.9 Å². The predicted octanol–water partition coefficient (Wildman–Crippen LogP) is 2.33. The minimum Gasteiger partial charge on any atom is -0.379 e. The molecule has 0 amide bonds. The lowest BCUT2D eigenvalue weighted by Gasteiger charge is -2.32. The number of nitrogens with zero attached hydrogens (tertiary/aromatic N) is 4. The molecule has 1 aliphatic heterocycles. The normalized spacial score (nSPS) is 16.1. The highest BCUT2D eigenvalue weighted by Crippen LogP contribution is 2.05. The standard InChI is InChI=1S/C21H32N6O.HI/c1-3-22-21(23-13-18(2)26-9-11-28-12-10-26)24-14-20-15-25-27(17-20)16-19-7-5-4-6-8-19;/h4-8,15,17-18H,3,9-14,16H2,1-2H3,(H2,22,23,24);1H. The average Bonchev–Trinajstić information content (AvgIpc) is 3.18. The Kier molecular flexibility index (Phi) is 10.4. The van der Waals surface area contributed by atoms with E-state index in [4.69, 9.17) is 9.73 Å². The number of rotatable bonds is 8. The Labute approximate surface area is 190 Å². The van der Waals surface area contributed by atoms with Gasteiger partial charge in [-0.05, 0) is 19.4 Å². The number of aliphatic imine (C=N–C) groups is 1. The maximum absolute atomic E-state index is 5.43. The average molecular weight is 512 g/mol. The number of benzene rings is 1. The first-order valence-electron chi connectivity index (χ1n) is 10.1. The van der Waals surface area contributed by atoms with Crippen molar-refractivity contribution in [3.63, 3.8) is 0 Å². The molecule has 0 spiro atoms. The molecule has 8 heteroatoms. The van der Waals surface area contributed by atoms with Gasteiger partial charge in [0.25, 0.3) is 0 Å². The summed E-state index contributed by atoms with van der Waals surface area (Å²) >= 11 is 0. The molecular formula is C21H33IN6O. The van der Waals surface area contributed by atoms with Crippen LogP contribution < -0.4 is 10.6 Å². The van der Waals surface area contributed by atoms with Gasteiger partial charge in [-0.3, -0.25) is 9.58 Å². The summed E-state index contributed by atoms with van der Waals surface area (Å²) in [5.74, 6) is 0.846. The SMILES string of the molecule is CCNC(=NCc1cnn(Cc2ccccc2)c1)NCC(C)N1CCOCC1.I. The van der Waals surface area contributed by atoms with Gasteiger partial charge < -0.3 is 15.4 Å². The van der Waals surface area contributed by atoms with Crippen LogP contribution in [0.3, 0.4) is 0 Å². The number of guanidine groups is 1. The fraction of sp³-hybridized carbons (Fsp3) is 0.524. The summed E-state index contributed by atoms with van der Waals surface area (Å²) < 4.78 is 7.39. The quantitative estimate of drug-likeness (QED) is 0.323. The molecule has 1 aliphatic rings. The largest absolute Gasteiger partial charge is 0.379 e. The van der Waals surface area contributed by atoms with E-state index in [0.717, 1.165) is 57.5 Å². The summed E-state index contributed by atoms with van der Waals surface area (Å²) in [6, 6.07) is 10.8. The summed E-state index contributed by atoms with van der Waals surface area (Å²) in [5.41, 5.74) is 2.35. The first-order valence-corrected chi connectivity index (χ1v) is 10.1. The molecule has 0 bridgehead atoms.